The SMILES string of the molecule is COc1ccc(Cl)cc1NC(=O)C[NH+](C)[C@@H](C(=O)NC1CC1)c1ccccc1. The monoisotopic (exact) mass is 402 g/mol. The predicted molar refractivity (Wildman–Crippen MR) is 109 cm³/mol. The molecular weight excluding hydrogens is 378 g/mol. The Labute approximate surface area is 169 Å². The summed E-state index contributed by atoms with van der Waals surface area (Å²) in [6.07, 6.45) is 2.03. The van der Waals surface area contributed by atoms with Crippen LogP contribution in [0.3, 0.4) is 0 Å². The number of likely N-dealkylation sites (N-methyl/N-ethyl adjacent to an activating group) is 1. The average molecular weight is 403 g/mol. The first-order valence-corrected chi connectivity index (χ1v) is 9.66. The molecule has 0 aliphatic heterocycles. The Morgan fingerprint density at radius 3 is 2.57 bits per heavy atom. The van der Waals surface area contributed by atoms with Crippen molar-refractivity contribution in [1.29, 1.82) is 0 Å². The summed E-state index contributed by atoms with van der Waals surface area (Å²) in [4.78, 5) is 26.2. The van der Waals surface area contributed by atoms with Gasteiger partial charge in [-0.2, -0.15) is 0 Å². The van der Waals surface area contributed by atoms with Crippen molar-refractivity contribution < 1.29 is 19.2 Å². The number of anilines is 1. The molecule has 6 nitrogen and oxygen atoms in total. The van der Waals surface area contributed by atoms with E-state index < -0.39 is 6.04 Å². The minimum atomic E-state index is -0.464. The number of nitrogens with one attached hydrogen (secondary N) is 3. The van der Waals surface area contributed by atoms with Crippen LogP contribution in [0.2, 0.25) is 5.02 Å². The summed E-state index contributed by atoms with van der Waals surface area (Å²) in [5, 5.41) is 6.39. The van der Waals surface area contributed by atoms with Gasteiger partial charge in [0, 0.05) is 16.6 Å². The number of benzene rings is 2. The van der Waals surface area contributed by atoms with E-state index >= 15 is 0 Å². The van der Waals surface area contributed by atoms with Gasteiger partial charge in [0.1, 0.15) is 5.75 Å². The highest BCUT2D eigenvalue weighted by Gasteiger charge is 2.34. The van der Waals surface area contributed by atoms with Crippen LogP contribution in [0.4, 0.5) is 5.69 Å². The number of hydrogen-bond donors (Lipinski definition) is 3. The van der Waals surface area contributed by atoms with Crippen molar-refractivity contribution in [2.24, 2.45) is 0 Å². The number of quaternary nitrogens is 1. The summed E-state index contributed by atoms with van der Waals surface area (Å²) in [7, 11) is 3.38. The third-order valence-corrected chi connectivity index (χ3v) is 4.92. The normalized spacial score (nSPS) is 15.4. The Bertz CT molecular complexity index is 840. The fourth-order valence-corrected chi connectivity index (χ4v) is 3.32. The Kier molecular flexibility index (Phi) is 6.54. The minimum Gasteiger partial charge on any atom is -0.495 e. The van der Waals surface area contributed by atoms with E-state index in [4.69, 9.17) is 16.3 Å². The number of amides is 2. The van der Waals surface area contributed by atoms with Crippen molar-refractivity contribution in [3.8, 4) is 5.75 Å². The second-order valence-electron chi connectivity index (χ2n) is 7.04. The molecule has 3 N–H and O–H groups in total. The second kappa shape index (κ2) is 9.08. The third-order valence-electron chi connectivity index (χ3n) is 4.69. The fourth-order valence-electron chi connectivity index (χ4n) is 3.14. The number of methoxy groups -OCH3 is 1. The number of rotatable bonds is 8. The largest absolute Gasteiger partial charge is 0.495 e. The van der Waals surface area contributed by atoms with Crippen molar-refractivity contribution in [3.05, 3.63) is 59.1 Å². The molecule has 1 saturated carbocycles. The van der Waals surface area contributed by atoms with Crippen molar-refractivity contribution in [3.63, 3.8) is 0 Å². The zero-order valence-corrected chi connectivity index (χ0v) is 16.8. The predicted octanol–water partition coefficient (Wildman–Crippen LogP) is 1.82. The molecule has 2 atom stereocenters. The summed E-state index contributed by atoms with van der Waals surface area (Å²) in [6.45, 7) is 0.118. The molecule has 2 aromatic carbocycles. The van der Waals surface area contributed by atoms with E-state index in [1.54, 1.807) is 18.2 Å². The zero-order chi connectivity index (χ0) is 20.1. The number of hydrogen-bond acceptors (Lipinski definition) is 3. The summed E-state index contributed by atoms with van der Waals surface area (Å²) in [5.41, 5.74) is 1.39. The Morgan fingerprint density at radius 1 is 1.21 bits per heavy atom. The van der Waals surface area contributed by atoms with Crippen LogP contribution in [0.1, 0.15) is 24.4 Å². The molecule has 3 rings (SSSR count). The molecule has 0 bridgehead atoms. The van der Waals surface area contributed by atoms with Crippen LogP contribution in [0.5, 0.6) is 5.75 Å². The third kappa shape index (κ3) is 5.24. The number of carbonyl (C=O) groups excluding carboxylic acids is 2. The van der Waals surface area contributed by atoms with Gasteiger partial charge in [-0.3, -0.25) is 9.59 Å². The van der Waals surface area contributed by atoms with E-state index in [-0.39, 0.29) is 24.4 Å². The molecule has 2 amide bonds. The molecule has 28 heavy (non-hydrogen) atoms. The van der Waals surface area contributed by atoms with Crippen LogP contribution < -0.4 is 20.3 Å². The van der Waals surface area contributed by atoms with E-state index in [0.29, 0.717) is 16.5 Å². The van der Waals surface area contributed by atoms with Gasteiger partial charge >= 0.3 is 0 Å². The topological polar surface area (TPSA) is 71.9 Å². The highest BCUT2D eigenvalue weighted by molar-refractivity contribution is 6.31. The van der Waals surface area contributed by atoms with Gasteiger partial charge in [0.05, 0.1) is 19.8 Å². The van der Waals surface area contributed by atoms with Gasteiger partial charge in [0.15, 0.2) is 12.6 Å². The van der Waals surface area contributed by atoms with Gasteiger partial charge in [-0.1, -0.05) is 41.9 Å². The molecule has 148 valence electrons. The number of halogens is 1. The number of ether oxygens (including phenoxy) is 1. The van der Waals surface area contributed by atoms with Gasteiger partial charge in [-0.25, -0.2) is 0 Å². The standard InChI is InChI=1S/C21H24ClN3O3/c1-25(13-19(26)24-17-12-15(22)8-11-18(17)28-2)20(14-6-4-3-5-7-14)21(27)23-16-9-10-16/h3-8,11-12,16,20H,9-10,13H2,1-2H3,(H,23,27)(H,24,26)/p+1/t20-/m1/s1. The first kappa shape index (κ1) is 20.2. The summed E-state index contributed by atoms with van der Waals surface area (Å²) >= 11 is 6.02. The maximum absolute atomic E-state index is 12.8. The highest BCUT2D eigenvalue weighted by Crippen LogP contribution is 2.27. The van der Waals surface area contributed by atoms with Gasteiger partial charge in [0.25, 0.3) is 11.8 Å². The maximum atomic E-state index is 12.8. The lowest BCUT2D eigenvalue weighted by molar-refractivity contribution is -0.894. The Balaban J connectivity index is 1.72. The first-order chi connectivity index (χ1) is 13.5. The molecular formula is C21H25ClN3O3+. The maximum Gasteiger partial charge on any atom is 0.283 e. The molecule has 0 aromatic heterocycles. The highest BCUT2D eigenvalue weighted by atomic mass is 35.5. The van der Waals surface area contributed by atoms with Crippen molar-refractivity contribution in [2.45, 2.75) is 24.9 Å². The first-order valence-electron chi connectivity index (χ1n) is 9.29. The van der Waals surface area contributed by atoms with Crippen LogP contribution in [0.15, 0.2) is 48.5 Å². The van der Waals surface area contributed by atoms with Gasteiger partial charge in [-0.15, -0.1) is 0 Å². The smallest absolute Gasteiger partial charge is 0.283 e. The van der Waals surface area contributed by atoms with Gasteiger partial charge < -0.3 is 20.3 Å². The molecule has 0 spiro atoms. The van der Waals surface area contributed by atoms with Gasteiger partial charge in [-0.05, 0) is 31.0 Å². The number of carbonyl (C=O) groups is 2. The zero-order valence-electron chi connectivity index (χ0n) is 16.0. The van der Waals surface area contributed by atoms with Crippen LogP contribution in [-0.2, 0) is 9.59 Å². The van der Waals surface area contributed by atoms with Gasteiger partial charge in [0.2, 0.25) is 0 Å². The van der Waals surface area contributed by atoms with Crippen molar-refractivity contribution >= 4 is 29.1 Å². The summed E-state index contributed by atoms with van der Waals surface area (Å²) < 4.78 is 5.27. The Hall–Kier alpha value is -2.57. The minimum absolute atomic E-state index is 0.0562. The molecule has 0 heterocycles. The van der Waals surface area contributed by atoms with E-state index in [2.05, 4.69) is 10.6 Å². The van der Waals surface area contributed by atoms with E-state index in [1.165, 1.54) is 7.11 Å². The molecule has 1 fully saturated rings. The van der Waals surface area contributed by atoms with E-state index in [1.807, 2.05) is 37.4 Å². The molecule has 7 heteroatoms. The lowest BCUT2D eigenvalue weighted by atomic mass is 10.0. The second-order valence-corrected chi connectivity index (χ2v) is 7.48. The average Bonchev–Trinajstić information content (AvgIpc) is 3.46. The lowest BCUT2D eigenvalue weighted by Gasteiger charge is -2.24. The molecule has 1 aliphatic carbocycles. The Morgan fingerprint density at radius 2 is 1.93 bits per heavy atom. The molecule has 0 saturated heterocycles. The van der Waals surface area contributed by atoms with Crippen LogP contribution in [-0.4, -0.2) is 38.6 Å². The summed E-state index contributed by atoms with van der Waals surface area (Å²) in [5.74, 6) is 0.249. The molecule has 1 unspecified atom stereocenters. The molecule has 2 aromatic rings. The lowest BCUT2D eigenvalue weighted by Crippen LogP contribution is -3.11. The van der Waals surface area contributed by atoms with Crippen molar-refractivity contribution in [1.82, 2.24) is 5.32 Å². The van der Waals surface area contributed by atoms with Crippen molar-refractivity contribution in [2.75, 3.05) is 26.0 Å². The van der Waals surface area contributed by atoms with Crippen LogP contribution in [0.25, 0.3) is 0 Å². The van der Waals surface area contributed by atoms with Crippen LogP contribution in [0, 0.1) is 0 Å². The summed E-state index contributed by atoms with van der Waals surface area (Å²) in [6, 6.07) is 14.4. The van der Waals surface area contributed by atoms with E-state index in [0.717, 1.165) is 23.3 Å². The van der Waals surface area contributed by atoms with Crippen LogP contribution >= 0.6 is 11.6 Å². The quantitative estimate of drug-likeness (QED) is 0.630. The van der Waals surface area contributed by atoms with E-state index in [9.17, 15) is 9.59 Å². The molecule has 1 aliphatic rings. The molecule has 0 radical (unpaired) electrons. The fraction of sp³-hybridized carbons (Fsp3) is 0.333.